The molecule has 108 valence electrons. The van der Waals surface area contributed by atoms with Gasteiger partial charge < -0.3 is 30.2 Å². The number of hydrogen-bond donors (Lipinski definition) is 3. The van der Waals surface area contributed by atoms with E-state index in [1.807, 2.05) is 0 Å². The van der Waals surface area contributed by atoms with Gasteiger partial charge in [0.25, 0.3) is 0 Å². The van der Waals surface area contributed by atoms with E-state index in [-0.39, 0.29) is 0 Å². The maximum Gasteiger partial charge on any atom is 0.125 e. The molecule has 1 fully saturated rings. The Bertz CT molecular complexity index is 97.6. The second-order valence-electron chi connectivity index (χ2n) is 4.44. The predicted molar refractivity (Wildman–Crippen MR) is 67.4 cm³/mol. The van der Waals surface area contributed by atoms with Gasteiger partial charge in [-0.3, -0.25) is 0 Å². The minimum Gasteiger partial charge on any atom is -0.377 e. The summed E-state index contributed by atoms with van der Waals surface area (Å²) in [6, 6.07) is 0. The third-order valence-electron chi connectivity index (χ3n) is 2.83. The smallest absolute Gasteiger partial charge is 0.125 e. The van der Waals surface area contributed by atoms with Crippen LogP contribution in [0.15, 0.2) is 0 Å². The van der Waals surface area contributed by atoms with Gasteiger partial charge in [0.1, 0.15) is 26.2 Å². The van der Waals surface area contributed by atoms with Crippen molar-refractivity contribution in [2.24, 2.45) is 0 Å². The summed E-state index contributed by atoms with van der Waals surface area (Å²) in [5, 5.41) is 7.02. The fourth-order valence-electron chi connectivity index (χ4n) is 1.78. The number of ether oxygens (including phenoxy) is 3. The summed E-state index contributed by atoms with van der Waals surface area (Å²) >= 11 is 0. The summed E-state index contributed by atoms with van der Waals surface area (Å²) in [5.41, 5.74) is 0. The average Bonchev–Trinajstić information content (AvgIpc) is 2.39. The molecular weight excluding hydrogens is 234 g/mol. The third kappa shape index (κ3) is 10.9. The van der Waals surface area contributed by atoms with Crippen molar-refractivity contribution < 1.29 is 30.2 Å². The van der Waals surface area contributed by atoms with Crippen molar-refractivity contribution in [3.63, 3.8) is 0 Å². The summed E-state index contributed by atoms with van der Waals surface area (Å²) in [6.07, 6.45) is 0. The van der Waals surface area contributed by atoms with Gasteiger partial charge in [0, 0.05) is 0 Å². The zero-order valence-electron chi connectivity index (χ0n) is 11.4. The molecule has 1 aliphatic heterocycles. The standard InChI is InChI=1S/C12H27N3O3/c1-3-14-5-7-16-9-11-18-12-10-17-8-6-15-4-2-13-1/h13-15H,1-12H2/p+3. The van der Waals surface area contributed by atoms with E-state index in [2.05, 4.69) is 16.0 Å². The minimum absolute atomic E-state index is 0.670. The molecule has 0 spiro atoms. The molecule has 6 nitrogen and oxygen atoms in total. The molecule has 1 saturated heterocycles. The van der Waals surface area contributed by atoms with Crippen molar-refractivity contribution in [2.45, 2.75) is 0 Å². The second-order valence-corrected chi connectivity index (χ2v) is 4.44. The van der Waals surface area contributed by atoms with Crippen molar-refractivity contribution in [2.75, 3.05) is 78.9 Å². The molecule has 18 heavy (non-hydrogen) atoms. The maximum absolute atomic E-state index is 5.47. The van der Waals surface area contributed by atoms with E-state index in [0.29, 0.717) is 26.4 Å². The monoisotopic (exact) mass is 264 g/mol. The Kier molecular flexibility index (Phi) is 11.6. The molecule has 0 radical (unpaired) electrons. The Hall–Kier alpha value is -0.240. The van der Waals surface area contributed by atoms with Gasteiger partial charge in [0.05, 0.1) is 52.7 Å². The highest BCUT2D eigenvalue weighted by Gasteiger charge is 1.98. The van der Waals surface area contributed by atoms with Crippen molar-refractivity contribution in [3.8, 4) is 0 Å². The van der Waals surface area contributed by atoms with Crippen LogP contribution in [0.1, 0.15) is 0 Å². The fraction of sp³-hybridized carbons (Fsp3) is 1.00. The first-order valence-corrected chi connectivity index (χ1v) is 7.18. The summed E-state index contributed by atoms with van der Waals surface area (Å²) in [7, 11) is 0. The molecule has 0 unspecified atom stereocenters. The van der Waals surface area contributed by atoms with Crippen LogP contribution in [0.3, 0.4) is 0 Å². The summed E-state index contributed by atoms with van der Waals surface area (Å²) in [4.78, 5) is 0. The molecule has 0 atom stereocenters. The second kappa shape index (κ2) is 13.2. The van der Waals surface area contributed by atoms with Crippen LogP contribution in [-0.4, -0.2) is 78.9 Å². The van der Waals surface area contributed by atoms with Crippen molar-refractivity contribution in [1.82, 2.24) is 0 Å². The van der Waals surface area contributed by atoms with Gasteiger partial charge >= 0.3 is 0 Å². The molecule has 1 heterocycles. The zero-order chi connectivity index (χ0) is 12.7. The van der Waals surface area contributed by atoms with Crippen LogP contribution >= 0.6 is 0 Å². The zero-order valence-corrected chi connectivity index (χ0v) is 11.4. The molecule has 6 N–H and O–H groups in total. The Morgan fingerprint density at radius 2 is 0.722 bits per heavy atom. The quantitative estimate of drug-likeness (QED) is 0.415. The summed E-state index contributed by atoms with van der Waals surface area (Å²) < 4.78 is 16.3. The number of rotatable bonds is 0. The molecule has 0 aromatic rings. The molecule has 6 heteroatoms. The van der Waals surface area contributed by atoms with Gasteiger partial charge in [-0.2, -0.15) is 0 Å². The molecule has 0 bridgehead atoms. The molecule has 1 rings (SSSR count). The van der Waals surface area contributed by atoms with Gasteiger partial charge in [-0.25, -0.2) is 0 Å². The molecule has 0 aromatic carbocycles. The Morgan fingerprint density at radius 3 is 1.17 bits per heavy atom. The van der Waals surface area contributed by atoms with Gasteiger partial charge in [-0.15, -0.1) is 0 Å². The molecule has 0 amide bonds. The average molecular weight is 264 g/mol. The lowest BCUT2D eigenvalue weighted by Gasteiger charge is -2.07. The highest BCUT2D eigenvalue weighted by atomic mass is 16.5. The van der Waals surface area contributed by atoms with Crippen LogP contribution in [0.5, 0.6) is 0 Å². The molecule has 0 aliphatic carbocycles. The highest BCUT2D eigenvalue weighted by Crippen LogP contribution is 1.79. The van der Waals surface area contributed by atoms with Crippen LogP contribution in [0.2, 0.25) is 0 Å². The van der Waals surface area contributed by atoms with E-state index < -0.39 is 0 Å². The van der Waals surface area contributed by atoms with Crippen molar-refractivity contribution in [3.05, 3.63) is 0 Å². The minimum atomic E-state index is 0.670. The van der Waals surface area contributed by atoms with E-state index in [1.165, 1.54) is 26.2 Å². The predicted octanol–water partition coefficient (Wildman–Crippen LogP) is -4.26. The highest BCUT2D eigenvalue weighted by molar-refractivity contribution is 4.34. The third-order valence-corrected chi connectivity index (χ3v) is 2.83. The van der Waals surface area contributed by atoms with E-state index in [1.54, 1.807) is 0 Å². The lowest BCUT2D eigenvalue weighted by atomic mass is 10.5. The summed E-state index contributed by atoms with van der Waals surface area (Å²) in [5.74, 6) is 0. The Balaban J connectivity index is 2.00. The van der Waals surface area contributed by atoms with Crippen molar-refractivity contribution >= 4 is 0 Å². The molecule has 0 aromatic heterocycles. The number of hydrogen-bond acceptors (Lipinski definition) is 3. The Morgan fingerprint density at radius 1 is 0.389 bits per heavy atom. The Labute approximate surface area is 110 Å². The fourth-order valence-corrected chi connectivity index (χ4v) is 1.78. The van der Waals surface area contributed by atoms with Gasteiger partial charge in [-0.1, -0.05) is 0 Å². The summed E-state index contributed by atoms with van der Waals surface area (Å²) in [6.45, 7) is 11.1. The van der Waals surface area contributed by atoms with E-state index >= 15 is 0 Å². The van der Waals surface area contributed by atoms with E-state index in [0.717, 1.165) is 26.3 Å². The normalized spacial score (nSPS) is 24.0. The van der Waals surface area contributed by atoms with Gasteiger partial charge in [0.2, 0.25) is 0 Å². The number of nitrogens with two attached hydrogens (primary N) is 3. The molecule has 1 aliphatic rings. The van der Waals surface area contributed by atoms with Crippen molar-refractivity contribution in [1.29, 1.82) is 0 Å². The van der Waals surface area contributed by atoms with Crippen LogP contribution in [0.25, 0.3) is 0 Å². The van der Waals surface area contributed by atoms with E-state index in [4.69, 9.17) is 14.2 Å². The first-order chi connectivity index (χ1) is 9.00. The first-order valence-electron chi connectivity index (χ1n) is 7.18. The van der Waals surface area contributed by atoms with Gasteiger partial charge in [-0.05, 0) is 0 Å². The largest absolute Gasteiger partial charge is 0.377 e. The van der Waals surface area contributed by atoms with Gasteiger partial charge in [0.15, 0.2) is 0 Å². The van der Waals surface area contributed by atoms with Crippen LogP contribution < -0.4 is 16.0 Å². The number of quaternary nitrogens is 3. The van der Waals surface area contributed by atoms with Crippen LogP contribution in [0.4, 0.5) is 0 Å². The molecular formula is C12H30N3O3+3. The van der Waals surface area contributed by atoms with E-state index in [9.17, 15) is 0 Å². The maximum atomic E-state index is 5.47. The lowest BCUT2D eigenvalue weighted by molar-refractivity contribution is -0.750. The van der Waals surface area contributed by atoms with Crippen LogP contribution in [-0.2, 0) is 14.2 Å². The lowest BCUT2D eigenvalue weighted by Crippen LogP contribution is -2.99. The first kappa shape index (κ1) is 15.8. The molecule has 0 saturated carbocycles. The topological polar surface area (TPSA) is 77.5 Å². The van der Waals surface area contributed by atoms with Crippen LogP contribution in [0, 0.1) is 0 Å². The SMILES string of the molecule is C1C[NH2+]CCOCCOCCOCC[NH2+]CC[NH2+]1.